The molecule has 0 bridgehead atoms. The van der Waals surface area contributed by atoms with E-state index in [1.165, 1.54) is 0 Å². The normalized spacial score (nSPS) is 30.3. The van der Waals surface area contributed by atoms with Gasteiger partial charge in [-0.1, -0.05) is 6.92 Å². The van der Waals surface area contributed by atoms with Crippen LogP contribution in [0.3, 0.4) is 0 Å². The minimum Gasteiger partial charge on any atom is -0.376 e. The van der Waals surface area contributed by atoms with Crippen LogP contribution >= 0.6 is 10.7 Å². The molecule has 6 heteroatoms. The Morgan fingerprint density at radius 3 is 2.54 bits per heavy atom. The molecule has 0 amide bonds. The Hall–Kier alpha value is 0.160. The first-order valence-corrected chi connectivity index (χ1v) is 6.64. The van der Waals surface area contributed by atoms with Crippen molar-refractivity contribution < 1.29 is 17.9 Å². The Morgan fingerprint density at radius 2 is 2.00 bits per heavy atom. The Morgan fingerprint density at radius 1 is 1.38 bits per heavy atom. The molecule has 0 aromatic heterocycles. The molecule has 4 nitrogen and oxygen atoms in total. The van der Waals surface area contributed by atoms with Crippen LogP contribution in [0.15, 0.2) is 0 Å². The third-order valence-corrected chi connectivity index (χ3v) is 2.98. The van der Waals surface area contributed by atoms with Crippen molar-refractivity contribution in [1.82, 2.24) is 0 Å². The third-order valence-electron chi connectivity index (χ3n) is 1.83. The summed E-state index contributed by atoms with van der Waals surface area (Å²) in [6, 6.07) is 0. The highest BCUT2D eigenvalue weighted by Crippen LogP contribution is 2.13. The SMILES string of the molecule is CCC1COCC(CS(=O)(=O)Cl)O1. The van der Waals surface area contributed by atoms with Gasteiger partial charge in [0.1, 0.15) is 0 Å². The second kappa shape index (κ2) is 4.59. The molecule has 0 aliphatic carbocycles. The number of hydrogen-bond donors (Lipinski definition) is 0. The van der Waals surface area contributed by atoms with E-state index in [9.17, 15) is 8.42 Å². The molecule has 13 heavy (non-hydrogen) atoms. The Labute approximate surface area is 82.6 Å². The van der Waals surface area contributed by atoms with Gasteiger partial charge >= 0.3 is 0 Å². The molecule has 0 aromatic rings. The molecule has 1 rings (SSSR count). The van der Waals surface area contributed by atoms with Gasteiger partial charge in [-0.3, -0.25) is 0 Å². The van der Waals surface area contributed by atoms with Crippen molar-refractivity contribution in [3.05, 3.63) is 0 Å². The fraction of sp³-hybridized carbons (Fsp3) is 1.00. The first-order chi connectivity index (χ1) is 6.01. The van der Waals surface area contributed by atoms with E-state index < -0.39 is 15.2 Å². The highest BCUT2D eigenvalue weighted by molar-refractivity contribution is 8.13. The highest BCUT2D eigenvalue weighted by atomic mass is 35.7. The van der Waals surface area contributed by atoms with Crippen LogP contribution in [-0.4, -0.2) is 39.6 Å². The van der Waals surface area contributed by atoms with Gasteiger partial charge in [-0.25, -0.2) is 8.42 Å². The molecule has 1 aliphatic heterocycles. The quantitative estimate of drug-likeness (QED) is 0.669. The molecule has 0 saturated carbocycles. The predicted octanol–water partition coefficient (Wildman–Crippen LogP) is 0.749. The van der Waals surface area contributed by atoms with Crippen LogP contribution in [0.4, 0.5) is 0 Å². The highest BCUT2D eigenvalue weighted by Gasteiger charge is 2.25. The Bertz CT molecular complexity index is 251. The number of rotatable bonds is 3. The molecule has 1 saturated heterocycles. The van der Waals surface area contributed by atoms with Gasteiger partial charge in [-0.2, -0.15) is 0 Å². The van der Waals surface area contributed by atoms with E-state index in [0.717, 1.165) is 6.42 Å². The molecular weight excluding hydrogens is 216 g/mol. The van der Waals surface area contributed by atoms with Crippen LogP contribution in [0.2, 0.25) is 0 Å². The lowest BCUT2D eigenvalue weighted by atomic mass is 10.2. The molecule has 1 heterocycles. The van der Waals surface area contributed by atoms with Crippen LogP contribution in [0.25, 0.3) is 0 Å². The molecule has 2 unspecified atom stereocenters. The average Bonchev–Trinajstić information content (AvgIpc) is 2.01. The van der Waals surface area contributed by atoms with Crippen molar-refractivity contribution in [1.29, 1.82) is 0 Å². The summed E-state index contributed by atoms with van der Waals surface area (Å²) in [4.78, 5) is 0. The largest absolute Gasteiger partial charge is 0.376 e. The summed E-state index contributed by atoms with van der Waals surface area (Å²) in [7, 11) is 1.61. The van der Waals surface area contributed by atoms with Gasteiger partial charge in [-0.05, 0) is 6.42 Å². The Kier molecular flexibility index (Phi) is 3.97. The van der Waals surface area contributed by atoms with Crippen molar-refractivity contribution in [3.8, 4) is 0 Å². The molecule has 0 radical (unpaired) electrons. The van der Waals surface area contributed by atoms with E-state index >= 15 is 0 Å². The Balaban J connectivity index is 2.43. The van der Waals surface area contributed by atoms with E-state index in [4.69, 9.17) is 20.2 Å². The molecule has 1 aliphatic rings. The van der Waals surface area contributed by atoms with E-state index in [1.807, 2.05) is 6.92 Å². The van der Waals surface area contributed by atoms with Gasteiger partial charge in [0.2, 0.25) is 9.05 Å². The van der Waals surface area contributed by atoms with Crippen molar-refractivity contribution in [2.24, 2.45) is 0 Å². The summed E-state index contributed by atoms with van der Waals surface area (Å²) in [5, 5.41) is 0. The van der Waals surface area contributed by atoms with E-state index in [0.29, 0.717) is 13.2 Å². The van der Waals surface area contributed by atoms with Gasteiger partial charge in [0.25, 0.3) is 0 Å². The molecular formula is C7H13ClO4S. The van der Waals surface area contributed by atoms with Gasteiger partial charge in [0.05, 0.1) is 31.2 Å². The fourth-order valence-electron chi connectivity index (χ4n) is 1.21. The standard InChI is InChI=1S/C7H13ClO4S/c1-2-6-3-11-4-7(12-6)5-13(8,9)10/h6-7H,2-5H2,1H3. The third kappa shape index (κ3) is 4.26. The summed E-state index contributed by atoms with van der Waals surface area (Å²) in [5.74, 6) is -0.176. The smallest absolute Gasteiger partial charge is 0.235 e. The number of ether oxygens (including phenoxy) is 2. The van der Waals surface area contributed by atoms with Gasteiger partial charge in [0, 0.05) is 10.7 Å². The summed E-state index contributed by atoms with van der Waals surface area (Å²) < 4.78 is 32.1. The molecule has 2 atom stereocenters. The maximum Gasteiger partial charge on any atom is 0.235 e. The molecule has 0 spiro atoms. The predicted molar refractivity (Wildman–Crippen MR) is 49.4 cm³/mol. The number of hydrogen-bond acceptors (Lipinski definition) is 4. The summed E-state index contributed by atoms with van der Waals surface area (Å²) in [6.45, 7) is 2.81. The van der Waals surface area contributed by atoms with Crippen molar-refractivity contribution in [2.45, 2.75) is 25.6 Å². The topological polar surface area (TPSA) is 52.6 Å². The second-order valence-electron chi connectivity index (χ2n) is 3.03. The van der Waals surface area contributed by atoms with Gasteiger partial charge in [0.15, 0.2) is 0 Å². The van der Waals surface area contributed by atoms with Crippen LogP contribution in [-0.2, 0) is 18.5 Å². The zero-order valence-corrected chi connectivity index (χ0v) is 8.97. The lowest BCUT2D eigenvalue weighted by Gasteiger charge is -2.28. The van der Waals surface area contributed by atoms with Gasteiger partial charge < -0.3 is 9.47 Å². The monoisotopic (exact) mass is 228 g/mol. The van der Waals surface area contributed by atoms with E-state index in [-0.39, 0.29) is 11.9 Å². The zero-order valence-electron chi connectivity index (χ0n) is 7.40. The first kappa shape index (κ1) is 11.2. The fourth-order valence-corrected chi connectivity index (χ4v) is 2.25. The van der Waals surface area contributed by atoms with Crippen molar-refractivity contribution >= 4 is 19.7 Å². The molecule has 0 aromatic carbocycles. The minimum absolute atomic E-state index is 0.00262. The maximum atomic E-state index is 10.7. The molecule has 1 fully saturated rings. The van der Waals surface area contributed by atoms with Crippen LogP contribution < -0.4 is 0 Å². The lowest BCUT2D eigenvalue weighted by Crippen LogP contribution is -2.39. The van der Waals surface area contributed by atoms with Crippen LogP contribution in [0, 0.1) is 0 Å². The second-order valence-corrected chi connectivity index (χ2v) is 5.85. The van der Waals surface area contributed by atoms with Crippen LogP contribution in [0.1, 0.15) is 13.3 Å². The average molecular weight is 229 g/mol. The lowest BCUT2D eigenvalue weighted by molar-refractivity contribution is -0.129. The first-order valence-electron chi connectivity index (χ1n) is 4.17. The van der Waals surface area contributed by atoms with Crippen LogP contribution in [0.5, 0.6) is 0 Å². The minimum atomic E-state index is -3.49. The van der Waals surface area contributed by atoms with Crippen molar-refractivity contribution in [2.75, 3.05) is 19.0 Å². The summed E-state index contributed by atoms with van der Waals surface area (Å²) in [5.41, 5.74) is 0. The van der Waals surface area contributed by atoms with Crippen molar-refractivity contribution in [3.63, 3.8) is 0 Å². The van der Waals surface area contributed by atoms with E-state index in [2.05, 4.69) is 0 Å². The molecule has 0 N–H and O–H groups in total. The summed E-state index contributed by atoms with van der Waals surface area (Å²) >= 11 is 0. The van der Waals surface area contributed by atoms with E-state index in [1.54, 1.807) is 0 Å². The van der Waals surface area contributed by atoms with Gasteiger partial charge in [-0.15, -0.1) is 0 Å². The number of halogens is 1. The molecule has 78 valence electrons. The maximum absolute atomic E-state index is 10.7. The summed E-state index contributed by atoms with van der Waals surface area (Å²) in [6.07, 6.45) is 0.400. The zero-order chi connectivity index (χ0) is 9.90.